The third kappa shape index (κ3) is 2.48. The second-order valence-electron chi connectivity index (χ2n) is 4.27. The highest BCUT2D eigenvalue weighted by Crippen LogP contribution is 2.25. The van der Waals surface area contributed by atoms with E-state index in [0.29, 0.717) is 11.8 Å². The van der Waals surface area contributed by atoms with Gasteiger partial charge in [0.15, 0.2) is 6.29 Å². The largest absolute Gasteiger partial charge is 0.298 e. The van der Waals surface area contributed by atoms with Gasteiger partial charge < -0.3 is 0 Å². The Hall–Kier alpha value is -1.96. The highest BCUT2D eigenvalue weighted by Gasteiger charge is 2.08. The van der Waals surface area contributed by atoms with Crippen LogP contribution >= 0.6 is 0 Å². The van der Waals surface area contributed by atoms with Crippen LogP contribution in [0.25, 0.3) is 11.1 Å². The van der Waals surface area contributed by atoms with Gasteiger partial charge in [-0.1, -0.05) is 49.7 Å². The van der Waals surface area contributed by atoms with Gasteiger partial charge in [-0.3, -0.25) is 4.79 Å². The van der Waals surface area contributed by atoms with Crippen LogP contribution in [0.1, 0.15) is 29.3 Å². The fourth-order valence-corrected chi connectivity index (χ4v) is 2.05. The van der Waals surface area contributed by atoms with Crippen molar-refractivity contribution < 1.29 is 9.18 Å². The van der Waals surface area contributed by atoms with E-state index >= 15 is 0 Å². The van der Waals surface area contributed by atoms with Gasteiger partial charge in [0, 0.05) is 0 Å². The average Bonchev–Trinajstić information content (AvgIpc) is 2.40. The fraction of sp³-hybridized carbons (Fsp3) is 0.188. The van der Waals surface area contributed by atoms with E-state index in [-0.39, 0.29) is 5.56 Å². The first-order valence-corrected chi connectivity index (χ1v) is 6.09. The molecule has 0 spiro atoms. The lowest BCUT2D eigenvalue weighted by Gasteiger charge is -2.07. The lowest BCUT2D eigenvalue weighted by molar-refractivity contribution is 0.112. The summed E-state index contributed by atoms with van der Waals surface area (Å²) in [5, 5.41) is 0. The molecule has 92 valence electrons. The van der Waals surface area contributed by atoms with Crippen LogP contribution in [0.5, 0.6) is 0 Å². The van der Waals surface area contributed by atoms with E-state index in [1.54, 1.807) is 12.1 Å². The van der Waals surface area contributed by atoms with Crippen LogP contribution in [-0.2, 0) is 6.42 Å². The maximum atomic E-state index is 13.5. The normalized spacial score (nSPS) is 10.3. The minimum atomic E-state index is -0.472. The van der Waals surface area contributed by atoms with Gasteiger partial charge in [0.1, 0.15) is 5.82 Å². The number of benzene rings is 2. The predicted octanol–water partition coefficient (Wildman–Crippen LogP) is 4.26. The molecule has 0 aliphatic rings. The summed E-state index contributed by atoms with van der Waals surface area (Å²) in [6.07, 6.45) is 2.70. The first kappa shape index (κ1) is 12.5. The van der Waals surface area contributed by atoms with Gasteiger partial charge in [0.25, 0.3) is 0 Å². The number of carbonyl (C=O) groups excluding carboxylic acids is 1. The van der Waals surface area contributed by atoms with Crippen LogP contribution in [0.15, 0.2) is 42.5 Å². The molecule has 0 radical (unpaired) electrons. The van der Waals surface area contributed by atoms with Crippen molar-refractivity contribution in [3.05, 3.63) is 59.4 Å². The number of halogens is 1. The van der Waals surface area contributed by atoms with Crippen LogP contribution in [0.2, 0.25) is 0 Å². The Morgan fingerprint density at radius 2 is 1.83 bits per heavy atom. The van der Waals surface area contributed by atoms with E-state index in [4.69, 9.17) is 0 Å². The Kier molecular flexibility index (Phi) is 3.88. The highest BCUT2D eigenvalue weighted by atomic mass is 19.1. The van der Waals surface area contributed by atoms with Crippen molar-refractivity contribution in [1.29, 1.82) is 0 Å². The molecule has 2 rings (SSSR count). The second kappa shape index (κ2) is 5.58. The average molecular weight is 242 g/mol. The van der Waals surface area contributed by atoms with Gasteiger partial charge in [-0.15, -0.1) is 0 Å². The van der Waals surface area contributed by atoms with Gasteiger partial charge in [-0.25, -0.2) is 4.39 Å². The van der Waals surface area contributed by atoms with E-state index in [0.717, 1.165) is 18.4 Å². The minimum Gasteiger partial charge on any atom is -0.298 e. The van der Waals surface area contributed by atoms with Gasteiger partial charge in [-0.2, -0.15) is 0 Å². The van der Waals surface area contributed by atoms with Crippen molar-refractivity contribution >= 4 is 6.29 Å². The van der Waals surface area contributed by atoms with Gasteiger partial charge in [0.2, 0.25) is 0 Å². The molecular formula is C16H15FO. The van der Waals surface area contributed by atoms with E-state index < -0.39 is 5.82 Å². The van der Waals surface area contributed by atoms with Crippen molar-refractivity contribution in [2.24, 2.45) is 0 Å². The van der Waals surface area contributed by atoms with Crippen molar-refractivity contribution in [2.45, 2.75) is 19.8 Å². The molecule has 0 atom stereocenters. The SMILES string of the molecule is CCCc1ccc(-c2cccc(F)c2C=O)cc1. The molecule has 0 saturated carbocycles. The quantitative estimate of drug-likeness (QED) is 0.732. The molecule has 0 unspecified atom stereocenters. The lowest BCUT2D eigenvalue weighted by atomic mass is 9.98. The molecule has 0 N–H and O–H groups in total. The standard InChI is InChI=1S/C16H15FO/c1-2-4-12-7-9-13(10-8-12)14-5-3-6-16(17)15(14)11-18/h3,5-11H,2,4H2,1H3. The molecule has 0 aliphatic carbocycles. The smallest absolute Gasteiger partial charge is 0.153 e. The Bertz CT molecular complexity index is 544. The van der Waals surface area contributed by atoms with Crippen molar-refractivity contribution in [1.82, 2.24) is 0 Å². The zero-order chi connectivity index (χ0) is 13.0. The molecule has 1 nitrogen and oxygen atoms in total. The Balaban J connectivity index is 2.42. The zero-order valence-corrected chi connectivity index (χ0v) is 10.3. The Morgan fingerprint density at radius 1 is 1.11 bits per heavy atom. The molecule has 0 heterocycles. The molecule has 0 saturated heterocycles. The summed E-state index contributed by atoms with van der Waals surface area (Å²) in [5.74, 6) is -0.472. The van der Waals surface area contributed by atoms with Gasteiger partial charge in [-0.05, 0) is 29.2 Å². The van der Waals surface area contributed by atoms with Gasteiger partial charge >= 0.3 is 0 Å². The van der Waals surface area contributed by atoms with E-state index in [9.17, 15) is 9.18 Å². The first-order chi connectivity index (χ1) is 8.76. The third-order valence-electron chi connectivity index (χ3n) is 2.97. The van der Waals surface area contributed by atoms with Crippen molar-refractivity contribution in [3.63, 3.8) is 0 Å². The van der Waals surface area contributed by atoms with Crippen LogP contribution < -0.4 is 0 Å². The molecule has 2 aromatic carbocycles. The highest BCUT2D eigenvalue weighted by molar-refractivity contribution is 5.87. The summed E-state index contributed by atoms with van der Waals surface area (Å²) in [6.45, 7) is 2.13. The maximum Gasteiger partial charge on any atom is 0.153 e. The van der Waals surface area contributed by atoms with Crippen LogP contribution in [0, 0.1) is 5.82 Å². The Morgan fingerprint density at radius 3 is 2.44 bits per heavy atom. The summed E-state index contributed by atoms with van der Waals surface area (Å²) in [4.78, 5) is 11.0. The van der Waals surface area contributed by atoms with E-state index in [1.165, 1.54) is 11.6 Å². The molecule has 0 bridgehead atoms. The summed E-state index contributed by atoms with van der Waals surface area (Å²) in [5.41, 5.74) is 2.90. The van der Waals surface area contributed by atoms with Crippen molar-refractivity contribution in [3.8, 4) is 11.1 Å². The van der Waals surface area contributed by atoms with Crippen LogP contribution in [-0.4, -0.2) is 6.29 Å². The van der Waals surface area contributed by atoms with Gasteiger partial charge in [0.05, 0.1) is 5.56 Å². The van der Waals surface area contributed by atoms with Crippen LogP contribution in [0.4, 0.5) is 4.39 Å². The monoisotopic (exact) mass is 242 g/mol. The molecule has 2 heteroatoms. The topological polar surface area (TPSA) is 17.1 Å². The number of aryl methyl sites for hydroxylation is 1. The molecule has 0 aliphatic heterocycles. The molecular weight excluding hydrogens is 227 g/mol. The zero-order valence-electron chi connectivity index (χ0n) is 10.3. The fourth-order valence-electron chi connectivity index (χ4n) is 2.05. The maximum absolute atomic E-state index is 13.5. The van der Waals surface area contributed by atoms with Crippen molar-refractivity contribution in [2.75, 3.05) is 0 Å². The summed E-state index contributed by atoms with van der Waals surface area (Å²) in [7, 11) is 0. The molecule has 2 aromatic rings. The molecule has 0 aromatic heterocycles. The minimum absolute atomic E-state index is 0.126. The molecule has 0 fully saturated rings. The lowest BCUT2D eigenvalue weighted by Crippen LogP contribution is -1.92. The summed E-state index contributed by atoms with van der Waals surface area (Å²) in [6, 6.07) is 12.6. The second-order valence-corrected chi connectivity index (χ2v) is 4.27. The van der Waals surface area contributed by atoms with E-state index in [2.05, 4.69) is 6.92 Å². The number of rotatable bonds is 4. The predicted molar refractivity (Wildman–Crippen MR) is 71.2 cm³/mol. The third-order valence-corrected chi connectivity index (χ3v) is 2.97. The summed E-state index contributed by atoms with van der Waals surface area (Å²) >= 11 is 0. The number of carbonyl (C=O) groups is 1. The van der Waals surface area contributed by atoms with E-state index in [1.807, 2.05) is 24.3 Å². The molecule has 18 heavy (non-hydrogen) atoms. The first-order valence-electron chi connectivity index (χ1n) is 6.09. The summed E-state index contributed by atoms with van der Waals surface area (Å²) < 4.78 is 13.5. The number of aldehydes is 1. The number of hydrogen-bond donors (Lipinski definition) is 0. The van der Waals surface area contributed by atoms with Crippen LogP contribution in [0.3, 0.4) is 0 Å². The molecule has 0 amide bonds. The number of hydrogen-bond acceptors (Lipinski definition) is 1. The Labute approximate surface area is 106 Å².